The SMILES string of the molecule is CCOc1cc(CC(=O)NC2CCC2)ccc1C(=O)O. The second kappa shape index (κ2) is 6.41. The zero-order chi connectivity index (χ0) is 14.5. The van der Waals surface area contributed by atoms with E-state index in [4.69, 9.17) is 9.84 Å². The highest BCUT2D eigenvalue weighted by Gasteiger charge is 2.20. The van der Waals surface area contributed by atoms with Crippen LogP contribution in [0.15, 0.2) is 18.2 Å². The average Bonchev–Trinajstić information content (AvgIpc) is 2.34. The quantitative estimate of drug-likeness (QED) is 0.834. The van der Waals surface area contributed by atoms with Gasteiger partial charge in [-0.3, -0.25) is 4.79 Å². The van der Waals surface area contributed by atoms with Crippen LogP contribution in [0.1, 0.15) is 42.1 Å². The van der Waals surface area contributed by atoms with Gasteiger partial charge >= 0.3 is 5.97 Å². The average molecular weight is 277 g/mol. The summed E-state index contributed by atoms with van der Waals surface area (Å²) in [5.41, 5.74) is 0.880. The molecule has 2 rings (SSSR count). The van der Waals surface area contributed by atoms with E-state index in [1.165, 1.54) is 12.5 Å². The summed E-state index contributed by atoms with van der Waals surface area (Å²) in [5.74, 6) is -0.743. The number of carboxylic acid groups (broad SMARTS) is 1. The number of benzene rings is 1. The van der Waals surface area contributed by atoms with E-state index in [1.807, 2.05) is 0 Å². The maximum absolute atomic E-state index is 11.8. The molecule has 1 fully saturated rings. The van der Waals surface area contributed by atoms with Gasteiger partial charge in [-0.1, -0.05) is 6.07 Å². The minimum absolute atomic E-state index is 0.0276. The molecular weight excluding hydrogens is 258 g/mol. The molecular formula is C15H19NO4. The molecule has 0 saturated heterocycles. The first-order valence-electron chi connectivity index (χ1n) is 6.88. The van der Waals surface area contributed by atoms with Gasteiger partial charge in [-0.15, -0.1) is 0 Å². The number of carboxylic acids is 1. The molecule has 108 valence electrons. The molecule has 0 unspecified atom stereocenters. The Bertz CT molecular complexity index is 509. The maximum Gasteiger partial charge on any atom is 0.339 e. The fourth-order valence-corrected chi connectivity index (χ4v) is 2.14. The molecule has 0 radical (unpaired) electrons. The van der Waals surface area contributed by atoms with Crippen LogP contribution >= 0.6 is 0 Å². The highest BCUT2D eigenvalue weighted by atomic mass is 16.5. The molecule has 1 aromatic carbocycles. The number of carbonyl (C=O) groups excluding carboxylic acids is 1. The number of aromatic carboxylic acids is 1. The van der Waals surface area contributed by atoms with E-state index < -0.39 is 5.97 Å². The third-order valence-electron chi connectivity index (χ3n) is 3.41. The van der Waals surface area contributed by atoms with Gasteiger partial charge in [0.2, 0.25) is 5.91 Å². The van der Waals surface area contributed by atoms with Crippen molar-refractivity contribution in [3.05, 3.63) is 29.3 Å². The van der Waals surface area contributed by atoms with Crippen molar-refractivity contribution in [2.24, 2.45) is 0 Å². The third-order valence-corrected chi connectivity index (χ3v) is 3.41. The summed E-state index contributed by atoms with van der Waals surface area (Å²) < 4.78 is 5.32. The van der Waals surface area contributed by atoms with Crippen molar-refractivity contribution in [2.75, 3.05) is 6.61 Å². The number of ether oxygens (including phenoxy) is 1. The summed E-state index contributed by atoms with van der Waals surface area (Å²) in [6, 6.07) is 5.09. The summed E-state index contributed by atoms with van der Waals surface area (Å²) in [7, 11) is 0. The van der Waals surface area contributed by atoms with Crippen LogP contribution in [0.5, 0.6) is 5.75 Å². The van der Waals surface area contributed by atoms with E-state index >= 15 is 0 Å². The van der Waals surface area contributed by atoms with Gasteiger partial charge < -0.3 is 15.2 Å². The van der Waals surface area contributed by atoms with Crippen LogP contribution < -0.4 is 10.1 Å². The molecule has 1 aromatic rings. The van der Waals surface area contributed by atoms with Crippen molar-refractivity contribution in [2.45, 2.75) is 38.6 Å². The molecule has 5 nitrogen and oxygen atoms in total. The Balaban J connectivity index is 2.05. The van der Waals surface area contributed by atoms with Crippen molar-refractivity contribution in [3.63, 3.8) is 0 Å². The molecule has 0 bridgehead atoms. The summed E-state index contributed by atoms with van der Waals surface area (Å²) in [6.07, 6.45) is 3.52. The lowest BCUT2D eigenvalue weighted by molar-refractivity contribution is -0.121. The van der Waals surface area contributed by atoms with Gasteiger partial charge in [0.05, 0.1) is 13.0 Å². The fraction of sp³-hybridized carbons (Fsp3) is 0.467. The molecule has 1 saturated carbocycles. The Morgan fingerprint density at radius 3 is 2.70 bits per heavy atom. The lowest BCUT2D eigenvalue weighted by Gasteiger charge is -2.26. The number of nitrogens with one attached hydrogen (secondary N) is 1. The van der Waals surface area contributed by atoms with Gasteiger partial charge in [0.25, 0.3) is 0 Å². The first-order chi connectivity index (χ1) is 9.60. The van der Waals surface area contributed by atoms with Crippen molar-refractivity contribution in [1.29, 1.82) is 0 Å². The molecule has 1 aliphatic carbocycles. The van der Waals surface area contributed by atoms with Crippen molar-refractivity contribution in [1.82, 2.24) is 5.32 Å². The van der Waals surface area contributed by atoms with E-state index in [0.29, 0.717) is 18.4 Å². The van der Waals surface area contributed by atoms with E-state index in [1.54, 1.807) is 19.1 Å². The number of hydrogen-bond acceptors (Lipinski definition) is 3. The molecule has 2 N–H and O–H groups in total. The van der Waals surface area contributed by atoms with Gasteiger partial charge in [-0.05, 0) is 43.9 Å². The number of carbonyl (C=O) groups is 2. The largest absolute Gasteiger partial charge is 0.493 e. The summed E-state index contributed by atoms with van der Waals surface area (Å²) in [6.45, 7) is 2.18. The molecule has 1 amide bonds. The van der Waals surface area contributed by atoms with E-state index in [-0.39, 0.29) is 17.9 Å². The lowest BCUT2D eigenvalue weighted by atomic mass is 9.93. The zero-order valence-electron chi connectivity index (χ0n) is 11.5. The molecule has 0 aromatic heterocycles. The smallest absolute Gasteiger partial charge is 0.339 e. The monoisotopic (exact) mass is 277 g/mol. The minimum atomic E-state index is -1.03. The zero-order valence-corrected chi connectivity index (χ0v) is 11.5. The predicted molar refractivity (Wildman–Crippen MR) is 74.1 cm³/mol. The third kappa shape index (κ3) is 3.50. The lowest BCUT2D eigenvalue weighted by Crippen LogP contribution is -2.40. The number of rotatable bonds is 6. The molecule has 0 spiro atoms. The van der Waals surface area contributed by atoms with Gasteiger partial charge in [-0.2, -0.15) is 0 Å². The maximum atomic E-state index is 11.8. The Morgan fingerprint density at radius 2 is 2.15 bits per heavy atom. The van der Waals surface area contributed by atoms with Gasteiger partial charge in [0.15, 0.2) is 0 Å². The van der Waals surface area contributed by atoms with Crippen LogP contribution in [0.4, 0.5) is 0 Å². The standard InChI is InChI=1S/C15H19NO4/c1-2-20-13-8-10(6-7-12(13)15(18)19)9-14(17)16-11-4-3-5-11/h6-8,11H,2-5,9H2,1H3,(H,16,17)(H,18,19). The van der Waals surface area contributed by atoms with E-state index in [0.717, 1.165) is 18.4 Å². The molecule has 0 aliphatic heterocycles. The van der Waals surface area contributed by atoms with Crippen LogP contribution in [0.3, 0.4) is 0 Å². The van der Waals surface area contributed by atoms with Crippen LogP contribution in [0.25, 0.3) is 0 Å². The fourth-order valence-electron chi connectivity index (χ4n) is 2.14. The first-order valence-corrected chi connectivity index (χ1v) is 6.88. The van der Waals surface area contributed by atoms with E-state index in [9.17, 15) is 9.59 Å². The molecule has 20 heavy (non-hydrogen) atoms. The van der Waals surface area contributed by atoms with E-state index in [2.05, 4.69) is 5.32 Å². The topological polar surface area (TPSA) is 75.6 Å². The Kier molecular flexibility index (Phi) is 4.61. The van der Waals surface area contributed by atoms with Gasteiger partial charge in [0.1, 0.15) is 11.3 Å². The van der Waals surface area contributed by atoms with Crippen molar-refractivity contribution < 1.29 is 19.4 Å². The summed E-state index contributed by atoms with van der Waals surface area (Å²) in [5, 5.41) is 12.0. The highest BCUT2D eigenvalue weighted by molar-refractivity contribution is 5.91. The van der Waals surface area contributed by atoms with Crippen LogP contribution in [-0.4, -0.2) is 29.6 Å². The van der Waals surface area contributed by atoms with Crippen molar-refractivity contribution >= 4 is 11.9 Å². The summed E-state index contributed by atoms with van der Waals surface area (Å²) >= 11 is 0. The molecule has 0 atom stereocenters. The second-order valence-electron chi connectivity index (χ2n) is 4.94. The van der Waals surface area contributed by atoms with Crippen molar-refractivity contribution in [3.8, 4) is 5.75 Å². The number of amides is 1. The Hall–Kier alpha value is -2.04. The Morgan fingerprint density at radius 1 is 1.40 bits per heavy atom. The number of hydrogen-bond donors (Lipinski definition) is 2. The molecule has 0 heterocycles. The normalized spacial score (nSPS) is 14.4. The predicted octanol–water partition coefficient (Wildman–Crippen LogP) is 1.99. The first kappa shape index (κ1) is 14.4. The summed E-state index contributed by atoms with van der Waals surface area (Å²) in [4.78, 5) is 22.9. The van der Waals surface area contributed by atoms with Gasteiger partial charge in [-0.25, -0.2) is 4.79 Å². The molecule has 5 heteroatoms. The minimum Gasteiger partial charge on any atom is -0.493 e. The second-order valence-corrected chi connectivity index (χ2v) is 4.94. The van der Waals surface area contributed by atoms with Gasteiger partial charge in [0, 0.05) is 6.04 Å². The molecule has 1 aliphatic rings. The highest BCUT2D eigenvalue weighted by Crippen LogP contribution is 2.22. The van der Waals surface area contributed by atoms with Crippen LogP contribution in [0.2, 0.25) is 0 Å². The van der Waals surface area contributed by atoms with Crippen LogP contribution in [0, 0.1) is 0 Å². The van der Waals surface area contributed by atoms with Crippen LogP contribution in [-0.2, 0) is 11.2 Å². The Labute approximate surface area is 117 Å².